The van der Waals surface area contributed by atoms with Crippen molar-refractivity contribution in [2.75, 3.05) is 13.1 Å². The molecule has 0 aromatic carbocycles. The maximum absolute atomic E-state index is 13.1. The number of hydrogen-bond acceptors (Lipinski definition) is 3. The molecule has 28 heavy (non-hydrogen) atoms. The van der Waals surface area contributed by atoms with Crippen molar-refractivity contribution in [1.82, 2.24) is 14.4 Å². The van der Waals surface area contributed by atoms with Crippen LogP contribution in [0.5, 0.6) is 0 Å². The second kappa shape index (κ2) is 9.62. The van der Waals surface area contributed by atoms with Gasteiger partial charge in [-0.1, -0.05) is 27.7 Å². The Balaban J connectivity index is 2.14. The molecular weight excluding hydrogens is 354 g/mol. The first kappa shape index (κ1) is 21.8. The average Bonchev–Trinajstić information content (AvgIpc) is 3.24. The van der Waals surface area contributed by atoms with Crippen LogP contribution in [-0.2, 0) is 29.7 Å². The molecule has 154 valence electrons. The molecule has 6 nitrogen and oxygen atoms in total. The Bertz CT molecular complexity index is 756. The number of aryl methyl sites for hydroxylation is 1. The molecule has 0 fully saturated rings. The van der Waals surface area contributed by atoms with E-state index in [0.717, 1.165) is 17.9 Å². The van der Waals surface area contributed by atoms with Gasteiger partial charge in [0, 0.05) is 31.9 Å². The number of aromatic nitrogens is 1. The van der Waals surface area contributed by atoms with Crippen molar-refractivity contribution in [3.05, 3.63) is 48.2 Å². The molecule has 0 saturated carbocycles. The number of nitrogens with zero attached hydrogens (tertiary/aromatic N) is 3. The van der Waals surface area contributed by atoms with Crippen LogP contribution >= 0.6 is 0 Å². The molecular formula is C22H33N3O3. The number of carbonyl (C=O) groups is 2. The first-order valence-corrected chi connectivity index (χ1v) is 9.87. The minimum atomic E-state index is -0.108. The zero-order valence-electron chi connectivity index (χ0n) is 17.8. The fourth-order valence-electron chi connectivity index (χ4n) is 3.07. The summed E-state index contributed by atoms with van der Waals surface area (Å²) >= 11 is 0. The zero-order chi connectivity index (χ0) is 20.7. The van der Waals surface area contributed by atoms with E-state index in [9.17, 15) is 9.59 Å². The van der Waals surface area contributed by atoms with Crippen LogP contribution in [0, 0.1) is 5.41 Å². The van der Waals surface area contributed by atoms with Crippen molar-refractivity contribution < 1.29 is 14.0 Å². The predicted octanol–water partition coefficient (Wildman–Crippen LogP) is 3.82. The SMILES string of the molecule is CCCN(CC(=O)N(Cc1ccco1)Cc1cccn1C)C(=O)CC(C)(C)C. The van der Waals surface area contributed by atoms with Crippen molar-refractivity contribution in [3.63, 3.8) is 0 Å². The first-order chi connectivity index (χ1) is 13.2. The van der Waals surface area contributed by atoms with E-state index in [1.54, 1.807) is 16.1 Å². The Labute approximate surface area is 168 Å². The lowest BCUT2D eigenvalue weighted by Gasteiger charge is -2.29. The summed E-state index contributed by atoms with van der Waals surface area (Å²) in [5, 5.41) is 0. The molecule has 2 heterocycles. The van der Waals surface area contributed by atoms with Crippen molar-refractivity contribution in [3.8, 4) is 0 Å². The lowest BCUT2D eigenvalue weighted by Crippen LogP contribution is -2.43. The van der Waals surface area contributed by atoms with Crippen molar-refractivity contribution in [2.45, 2.75) is 53.6 Å². The summed E-state index contributed by atoms with van der Waals surface area (Å²) in [6.45, 7) is 9.65. The highest BCUT2D eigenvalue weighted by atomic mass is 16.3. The topological polar surface area (TPSA) is 58.7 Å². The summed E-state index contributed by atoms with van der Waals surface area (Å²) in [5.74, 6) is 0.679. The van der Waals surface area contributed by atoms with Crippen LogP contribution in [0.4, 0.5) is 0 Å². The normalized spacial score (nSPS) is 11.5. The molecule has 0 saturated heterocycles. The highest BCUT2D eigenvalue weighted by Crippen LogP contribution is 2.20. The van der Waals surface area contributed by atoms with E-state index in [-0.39, 0.29) is 23.8 Å². The van der Waals surface area contributed by atoms with Crippen LogP contribution in [0.15, 0.2) is 41.1 Å². The van der Waals surface area contributed by atoms with Gasteiger partial charge in [-0.25, -0.2) is 0 Å². The molecule has 2 rings (SSSR count). The molecule has 0 N–H and O–H groups in total. The van der Waals surface area contributed by atoms with Gasteiger partial charge in [0.2, 0.25) is 11.8 Å². The fourth-order valence-corrected chi connectivity index (χ4v) is 3.07. The molecule has 0 aliphatic carbocycles. The van der Waals surface area contributed by atoms with E-state index in [1.807, 2.05) is 69.8 Å². The Kier molecular flexibility index (Phi) is 7.49. The van der Waals surface area contributed by atoms with E-state index in [4.69, 9.17) is 4.42 Å². The van der Waals surface area contributed by atoms with Gasteiger partial charge in [0.15, 0.2) is 0 Å². The Hall–Kier alpha value is -2.50. The summed E-state index contributed by atoms with van der Waals surface area (Å²) < 4.78 is 7.45. The molecule has 2 aromatic heterocycles. The van der Waals surface area contributed by atoms with Crippen molar-refractivity contribution in [1.29, 1.82) is 0 Å². The highest BCUT2D eigenvalue weighted by molar-refractivity contribution is 5.85. The molecule has 0 unspecified atom stereocenters. The standard InChI is InChI=1S/C22H33N3O3/c1-6-11-24(20(26)14-22(2,3)4)17-21(27)25(16-19-10-8-13-28-19)15-18-9-7-12-23(18)5/h7-10,12-13H,6,11,14-17H2,1-5H3. The fraction of sp³-hybridized carbons (Fsp3) is 0.545. The summed E-state index contributed by atoms with van der Waals surface area (Å²) in [4.78, 5) is 29.3. The van der Waals surface area contributed by atoms with E-state index in [0.29, 0.717) is 26.1 Å². The molecule has 2 amide bonds. The lowest BCUT2D eigenvalue weighted by atomic mass is 9.91. The van der Waals surface area contributed by atoms with Crippen LogP contribution in [0.25, 0.3) is 0 Å². The van der Waals surface area contributed by atoms with E-state index >= 15 is 0 Å². The summed E-state index contributed by atoms with van der Waals surface area (Å²) in [5.41, 5.74) is 0.922. The zero-order valence-corrected chi connectivity index (χ0v) is 17.8. The Morgan fingerprint density at radius 2 is 1.82 bits per heavy atom. The predicted molar refractivity (Wildman–Crippen MR) is 109 cm³/mol. The Morgan fingerprint density at radius 3 is 2.36 bits per heavy atom. The van der Waals surface area contributed by atoms with Gasteiger partial charge < -0.3 is 18.8 Å². The smallest absolute Gasteiger partial charge is 0.242 e. The highest BCUT2D eigenvalue weighted by Gasteiger charge is 2.25. The van der Waals surface area contributed by atoms with Gasteiger partial charge in [-0.2, -0.15) is 0 Å². The molecule has 2 aromatic rings. The third-order valence-electron chi connectivity index (χ3n) is 4.54. The first-order valence-electron chi connectivity index (χ1n) is 9.87. The quantitative estimate of drug-likeness (QED) is 0.657. The number of rotatable bonds is 9. The van der Waals surface area contributed by atoms with Gasteiger partial charge in [0.1, 0.15) is 5.76 Å². The molecule has 0 radical (unpaired) electrons. The minimum Gasteiger partial charge on any atom is -0.467 e. The maximum atomic E-state index is 13.1. The van der Waals surface area contributed by atoms with Gasteiger partial charge in [-0.05, 0) is 36.1 Å². The van der Waals surface area contributed by atoms with Crippen LogP contribution in [0.1, 0.15) is 52.0 Å². The lowest BCUT2D eigenvalue weighted by molar-refractivity contribution is -0.142. The van der Waals surface area contributed by atoms with Crippen molar-refractivity contribution in [2.24, 2.45) is 12.5 Å². The second-order valence-corrected chi connectivity index (χ2v) is 8.49. The number of furan rings is 1. The molecule has 0 spiro atoms. The molecule has 0 aliphatic heterocycles. The van der Waals surface area contributed by atoms with Crippen LogP contribution in [-0.4, -0.2) is 39.3 Å². The summed E-state index contributed by atoms with van der Waals surface area (Å²) in [6, 6.07) is 7.63. The molecule has 0 bridgehead atoms. The average molecular weight is 388 g/mol. The summed E-state index contributed by atoms with van der Waals surface area (Å²) in [7, 11) is 1.96. The number of carbonyl (C=O) groups excluding carboxylic acids is 2. The molecule has 0 aliphatic rings. The van der Waals surface area contributed by atoms with Gasteiger partial charge >= 0.3 is 0 Å². The van der Waals surface area contributed by atoms with Gasteiger partial charge in [-0.3, -0.25) is 9.59 Å². The van der Waals surface area contributed by atoms with Crippen LogP contribution in [0.2, 0.25) is 0 Å². The van der Waals surface area contributed by atoms with E-state index in [2.05, 4.69) is 0 Å². The van der Waals surface area contributed by atoms with Crippen LogP contribution in [0.3, 0.4) is 0 Å². The minimum absolute atomic E-state index is 0.0273. The number of hydrogen-bond donors (Lipinski definition) is 0. The summed E-state index contributed by atoms with van der Waals surface area (Å²) in [6.07, 6.45) is 4.81. The largest absolute Gasteiger partial charge is 0.467 e. The second-order valence-electron chi connectivity index (χ2n) is 8.49. The number of amides is 2. The van der Waals surface area contributed by atoms with Crippen LogP contribution < -0.4 is 0 Å². The molecule has 0 atom stereocenters. The third-order valence-corrected chi connectivity index (χ3v) is 4.54. The maximum Gasteiger partial charge on any atom is 0.242 e. The monoisotopic (exact) mass is 387 g/mol. The van der Waals surface area contributed by atoms with Gasteiger partial charge in [0.25, 0.3) is 0 Å². The molecule has 6 heteroatoms. The van der Waals surface area contributed by atoms with Gasteiger partial charge in [0.05, 0.1) is 25.9 Å². The van der Waals surface area contributed by atoms with E-state index < -0.39 is 0 Å². The van der Waals surface area contributed by atoms with Gasteiger partial charge in [-0.15, -0.1) is 0 Å². The Morgan fingerprint density at radius 1 is 1.07 bits per heavy atom. The van der Waals surface area contributed by atoms with E-state index in [1.165, 1.54) is 0 Å². The van der Waals surface area contributed by atoms with Crippen molar-refractivity contribution >= 4 is 11.8 Å². The third kappa shape index (κ3) is 6.59.